The molecule has 0 aliphatic heterocycles. The fraction of sp³-hybridized carbons (Fsp3) is 0.176. The third-order valence-electron chi connectivity index (χ3n) is 3.35. The molecule has 0 spiro atoms. The standard InChI is InChI=1S/C17H17NO3/c1-12-6-5-8-14(10-12)18(2)16(19)11-13-7-3-4-9-15(13)17(20)21/h3-10H,11H2,1-2H3,(H,20,21). The highest BCUT2D eigenvalue weighted by Gasteiger charge is 2.16. The Labute approximate surface area is 123 Å². The molecule has 2 aromatic rings. The molecule has 0 saturated heterocycles. The van der Waals surface area contributed by atoms with Gasteiger partial charge in [0.1, 0.15) is 0 Å². The van der Waals surface area contributed by atoms with Crippen molar-refractivity contribution in [2.45, 2.75) is 13.3 Å². The number of amides is 1. The third-order valence-corrected chi connectivity index (χ3v) is 3.35. The van der Waals surface area contributed by atoms with Crippen LogP contribution >= 0.6 is 0 Å². The Balaban J connectivity index is 2.20. The molecule has 0 saturated carbocycles. The topological polar surface area (TPSA) is 57.6 Å². The molecule has 0 aliphatic carbocycles. The smallest absolute Gasteiger partial charge is 0.335 e. The zero-order valence-corrected chi connectivity index (χ0v) is 12.0. The molecule has 1 amide bonds. The average molecular weight is 283 g/mol. The fourth-order valence-electron chi connectivity index (χ4n) is 2.15. The molecule has 0 aliphatic rings. The maximum atomic E-state index is 12.3. The predicted octanol–water partition coefficient (Wildman–Crippen LogP) is 2.90. The molecule has 0 unspecified atom stereocenters. The second kappa shape index (κ2) is 6.22. The molecular weight excluding hydrogens is 266 g/mol. The number of nitrogens with zero attached hydrogens (tertiary/aromatic N) is 1. The molecule has 0 fully saturated rings. The van der Waals surface area contributed by atoms with Crippen molar-refractivity contribution in [1.82, 2.24) is 0 Å². The van der Waals surface area contributed by atoms with E-state index in [0.717, 1.165) is 11.3 Å². The van der Waals surface area contributed by atoms with E-state index < -0.39 is 5.97 Å². The summed E-state index contributed by atoms with van der Waals surface area (Å²) in [6, 6.07) is 14.2. The normalized spacial score (nSPS) is 10.2. The lowest BCUT2D eigenvalue weighted by Gasteiger charge is -2.18. The zero-order chi connectivity index (χ0) is 15.4. The van der Waals surface area contributed by atoms with Gasteiger partial charge in [-0.1, -0.05) is 30.3 Å². The number of likely N-dealkylation sites (N-methyl/N-ethyl adjacent to an activating group) is 1. The van der Waals surface area contributed by atoms with Crippen molar-refractivity contribution in [3.63, 3.8) is 0 Å². The van der Waals surface area contributed by atoms with Crippen LogP contribution in [0.4, 0.5) is 5.69 Å². The van der Waals surface area contributed by atoms with Gasteiger partial charge < -0.3 is 10.0 Å². The van der Waals surface area contributed by atoms with E-state index in [1.807, 2.05) is 31.2 Å². The molecule has 0 bridgehead atoms. The second-order valence-electron chi connectivity index (χ2n) is 4.93. The molecule has 21 heavy (non-hydrogen) atoms. The molecule has 4 heteroatoms. The van der Waals surface area contributed by atoms with Crippen LogP contribution in [0.1, 0.15) is 21.5 Å². The number of carboxylic acid groups (broad SMARTS) is 1. The summed E-state index contributed by atoms with van der Waals surface area (Å²) in [5.74, 6) is -1.16. The van der Waals surface area contributed by atoms with E-state index in [4.69, 9.17) is 5.11 Å². The van der Waals surface area contributed by atoms with E-state index in [1.54, 1.807) is 30.1 Å². The molecule has 4 nitrogen and oxygen atoms in total. The van der Waals surface area contributed by atoms with Crippen molar-refractivity contribution in [3.8, 4) is 0 Å². The van der Waals surface area contributed by atoms with Crippen molar-refractivity contribution >= 4 is 17.6 Å². The number of hydrogen-bond acceptors (Lipinski definition) is 2. The first-order valence-electron chi connectivity index (χ1n) is 6.63. The minimum Gasteiger partial charge on any atom is -0.478 e. The summed E-state index contributed by atoms with van der Waals surface area (Å²) in [7, 11) is 1.69. The number of aromatic carboxylic acids is 1. The summed E-state index contributed by atoms with van der Waals surface area (Å²) in [5, 5.41) is 9.15. The lowest BCUT2D eigenvalue weighted by atomic mass is 10.0. The highest BCUT2D eigenvalue weighted by molar-refractivity contribution is 5.97. The Morgan fingerprint density at radius 1 is 1.10 bits per heavy atom. The number of carboxylic acids is 1. The quantitative estimate of drug-likeness (QED) is 0.938. The van der Waals surface area contributed by atoms with Crippen LogP contribution in [-0.4, -0.2) is 24.0 Å². The average Bonchev–Trinajstić information content (AvgIpc) is 2.46. The molecule has 2 rings (SSSR count). The summed E-state index contributed by atoms with van der Waals surface area (Å²) in [6.07, 6.45) is 0.0624. The van der Waals surface area contributed by atoms with Gasteiger partial charge in [0.15, 0.2) is 0 Å². The van der Waals surface area contributed by atoms with Gasteiger partial charge in [0.25, 0.3) is 0 Å². The van der Waals surface area contributed by atoms with Gasteiger partial charge in [-0.25, -0.2) is 4.79 Å². The zero-order valence-electron chi connectivity index (χ0n) is 12.0. The van der Waals surface area contributed by atoms with Crippen molar-refractivity contribution in [1.29, 1.82) is 0 Å². The Morgan fingerprint density at radius 2 is 1.81 bits per heavy atom. The van der Waals surface area contributed by atoms with E-state index in [2.05, 4.69) is 0 Å². The van der Waals surface area contributed by atoms with E-state index >= 15 is 0 Å². The van der Waals surface area contributed by atoms with Gasteiger partial charge >= 0.3 is 5.97 Å². The first-order valence-corrected chi connectivity index (χ1v) is 6.63. The van der Waals surface area contributed by atoms with Crippen molar-refractivity contribution in [3.05, 3.63) is 65.2 Å². The van der Waals surface area contributed by atoms with Crippen molar-refractivity contribution in [2.24, 2.45) is 0 Å². The Morgan fingerprint density at radius 3 is 2.48 bits per heavy atom. The highest BCUT2D eigenvalue weighted by Crippen LogP contribution is 2.17. The number of aryl methyl sites for hydroxylation is 1. The Kier molecular flexibility index (Phi) is 4.38. The molecule has 108 valence electrons. The van der Waals surface area contributed by atoms with Crippen LogP contribution in [0.5, 0.6) is 0 Å². The van der Waals surface area contributed by atoms with Crippen LogP contribution in [0.15, 0.2) is 48.5 Å². The van der Waals surface area contributed by atoms with Crippen LogP contribution in [0.2, 0.25) is 0 Å². The molecule has 0 aromatic heterocycles. The molecule has 2 aromatic carbocycles. The first-order chi connectivity index (χ1) is 9.99. The number of rotatable bonds is 4. The summed E-state index contributed by atoms with van der Waals surface area (Å²) in [6.45, 7) is 1.96. The number of benzene rings is 2. The minimum atomic E-state index is -1.02. The fourth-order valence-corrected chi connectivity index (χ4v) is 2.15. The van der Waals surface area contributed by atoms with Gasteiger partial charge in [0, 0.05) is 12.7 Å². The summed E-state index contributed by atoms with van der Waals surface area (Å²) in [5.41, 5.74) is 2.56. The summed E-state index contributed by atoms with van der Waals surface area (Å²) >= 11 is 0. The van der Waals surface area contributed by atoms with Crippen molar-refractivity contribution in [2.75, 3.05) is 11.9 Å². The largest absolute Gasteiger partial charge is 0.478 e. The van der Waals surface area contributed by atoms with Crippen molar-refractivity contribution < 1.29 is 14.7 Å². The second-order valence-corrected chi connectivity index (χ2v) is 4.93. The third kappa shape index (κ3) is 3.48. The molecule has 1 N–H and O–H groups in total. The Hall–Kier alpha value is -2.62. The molecule has 0 radical (unpaired) electrons. The molecule has 0 atom stereocenters. The van der Waals surface area contributed by atoms with Gasteiger partial charge in [0.2, 0.25) is 5.91 Å². The van der Waals surface area contributed by atoms with E-state index in [0.29, 0.717) is 5.56 Å². The van der Waals surface area contributed by atoms with E-state index in [-0.39, 0.29) is 17.9 Å². The van der Waals surface area contributed by atoms with Crippen LogP contribution in [0.3, 0.4) is 0 Å². The van der Waals surface area contributed by atoms with Gasteiger partial charge in [-0.15, -0.1) is 0 Å². The van der Waals surface area contributed by atoms with Crippen LogP contribution < -0.4 is 4.90 Å². The van der Waals surface area contributed by atoms with Gasteiger partial charge in [0.05, 0.1) is 12.0 Å². The Bertz CT molecular complexity index is 679. The molecule has 0 heterocycles. The lowest BCUT2D eigenvalue weighted by Crippen LogP contribution is -2.28. The highest BCUT2D eigenvalue weighted by atomic mass is 16.4. The summed E-state index contributed by atoms with van der Waals surface area (Å²) in [4.78, 5) is 25.0. The van der Waals surface area contributed by atoms with Gasteiger partial charge in [-0.2, -0.15) is 0 Å². The number of hydrogen-bond donors (Lipinski definition) is 1. The number of carbonyl (C=O) groups is 2. The van der Waals surface area contributed by atoms with E-state index in [1.165, 1.54) is 6.07 Å². The predicted molar refractivity (Wildman–Crippen MR) is 81.7 cm³/mol. The number of carbonyl (C=O) groups excluding carboxylic acids is 1. The van der Waals surface area contributed by atoms with Gasteiger partial charge in [-0.3, -0.25) is 4.79 Å². The maximum Gasteiger partial charge on any atom is 0.335 e. The minimum absolute atomic E-state index is 0.0624. The van der Waals surface area contributed by atoms with Crippen LogP contribution in [-0.2, 0) is 11.2 Å². The van der Waals surface area contributed by atoms with Crippen LogP contribution in [0, 0.1) is 6.92 Å². The SMILES string of the molecule is Cc1cccc(N(C)C(=O)Cc2ccccc2C(=O)O)c1. The van der Waals surface area contributed by atoms with E-state index in [9.17, 15) is 9.59 Å². The maximum absolute atomic E-state index is 12.3. The van der Waals surface area contributed by atoms with Gasteiger partial charge in [-0.05, 0) is 36.2 Å². The number of anilines is 1. The van der Waals surface area contributed by atoms with Crippen LogP contribution in [0.25, 0.3) is 0 Å². The molecular formula is C17H17NO3. The monoisotopic (exact) mass is 283 g/mol. The lowest BCUT2D eigenvalue weighted by molar-refractivity contribution is -0.117. The first kappa shape index (κ1) is 14.8. The summed E-state index contributed by atoms with van der Waals surface area (Å²) < 4.78 is 0.